The molecule has 0 aromatic heterocycles. The average Bonchev–Trinajstić information content (AvgIpc) is 3.27. The number of carboxylic acids is 2. The van der Waals surface area contributed by atoms with E-state index in [2.05, 4.69) is 107 Å². The van der Waals surface area contributed by atoms with E-state index in [1.807, 2.05) is 36.4 Å². The molecule has 6 N–H and O–H groups in total. The van der Waals surface area contributed by atoms with E-state index in [0.717, 1.165) is 88.9 Å². The third-order valence-corrected chi connectivity index (χ3v) is 9.93. The highest BCUT2D eigenvalue weighted by Gasteiger charge is 2.10. The summed E-state index contributed by atoms with van der Waals surface area (Å²) in [5.41, 5.74) is 7.48. The molecule has 60 heavy (non-hydrogen) atoms. The number of carbonyl (C=O) groups is 2. The maximum absolute atomic E-state index is 9.71. The van der Waals surface area contributed by atoms with Crippen molar-refractivity contribution in [3.05, 3.63) is 191 Å². The van der Waals surface area contributed by atoms with Crippen LogP contribution in [0.4, 0.5) is 0 Å². The van der Waals surface area contributed by atoms with Gasteiger partial charge in [0, 0.05) is 39.3 Å². The molecule has 0 saturated heterocycles. The van der Waals surface area contributed by atoms with Gasteiger partial charge in [0.1, 0.15) is 0 Å². The molecule has 0 heterocycles. The average molecular weight is 813 g/mol. The summed E-state index contributed by atoms with van der Waals surface area (Å²) in [6.45, 7) is 5.84. The topological polar surface area (TPSA) is 162 Å². The highest BCUT2D eigenvalue weighted by molar-refractivity contribution is 6.27. The van der Waals surface area contributed by atoms with Crippen LogP contribution in [0, 0.1) is 0 Å². The summed E-state index contributed by atoms with van der Waals surface area (Å²) in [5.74, 6) is -3.88. The summed E-state index contributed by atoms with van der Waals surface area (Å²) in [5, 5.41) is 53.2. The van der Waals surface area contributed by atoms with Gasteiger partial charge in [0.25, 0.3) is 0 Å². The van der Waals surface area contributed by atoms with Crippen molar-refractivity contribution in [3.63, 3.8) is 0 Å². The molecule has 0 aliphatic carbocycles. The van der Waals surface area contributed by atoms with Crippen molar-refractivity contribution in [2.24, 2.45) is 0 Å². The van der Waals surface area contributed by atoms with E-state index in [0.29, 0.717) is 0 Å². The zero-order valence-corrected chi connectivity index (χ0v) is 33.9. The van der Waals surface area contributed by atoms with Crippen molar-refractivity contribution in [2.75, 3.05) is 39.3 Å². The van der Waals surface area contributed by atoms with Gasteiger partial charge in [0.15, 0.2) is 23.0 Å². The molecule has 0 aliphatic heterocycles. The van der Waals surface area contributed by atoms with Crippen molar-refractivity contribution in [3.8, 4) is 23.0 Å². The third kappa shape index (κ3) is 17.9. The van der Waals surface area contributed by atoms with Crippen LogP contribution in [0.25, 0.3) is 0 Å². The number of benzene rings is 6. The first-order valence-corrected chi connectivity index (χ1v) is 20.1. The first-order chi connectivity index (χ1) is 29.0. The number of carboxylic acid groups (broad SMARTS) is 2. The predicted molar refractivity (Wildman–Crippen MR) is 236 cm³/mol. The lowest BCUT2D eigenvalue weighted by molar-refractivity contribution is -0.159. The van der Waals surface area contributed by atoms with E-state index < -0.39 is 11.9 Å². The lowest BCUT2D eigenvalue weighted by Crippen LogP contribution is -2.30. The van der Waals surface area contributed by atoms with Gasteiger partial charge in [-0.05, 0) is 96.2 Å². The fourth-order valence-electron chi connectivity index (χ4n) is 6.42. The fraction of sp³-hybridized carbons (Fsp3) is 0.240. The van der Waals surface area contributed by atoms with Gasteiger partial charge in [-0.25, -0.2) is 9.59 Å². The first-order valence-electron chi connectivity index (χ1n) is 20.1. The number of hydrogen-bond donors (Lipinski definition) is 6. The minimum absolute atomic E-state index is 0.0485. The number of nitrogens with zero attached hydrogens (tertiary/aromatic N) is 2. The van der Waals surface area contributed by atoms with Crippen LogP contribution >= 0.6 is 0 Å². The molecule has 10 heteroatoms. The van der Waals surface area contributed by atoms with Gasteiger partial charge in [-0.15, -0.1) is 0 Å². The van der Waals surface area contributed by atoms with E-state index >= 15 is 0 Å². The molecule has 6 aromatic rings. The molecular formula is C50H56N2O8. The molecule has 6 aromatic carbocycles. The number of rotatable bonds is 18. The van der Waals surface area contributed by atoms with Crippen molar-refractivity contribution >= 4 is 11.9 Å². The fourth-order valence-corrected chi connectivity index (χ4v) is 6.42. The minimum atomic E-state index is -1.82. The summed E-state index contributed by atoms with van der Waals surface area (Å²) in [6.07, 6.45) is 5.79. The van der Waals surface area contributed by atoms with Gasteiger partial charge >= 0.3 is 11.9 Å². The largest absolute Gasteiger partial charge is 0.504 e. The van der Waals surface area contributed by atoms with Gasteiger partial charge in [-0.2, -0.15) is 0 Å². The molecule has 0 aliphatic rings. The molecule has 0 fully saturated rings. The Balaban J connectivity index is 0.000000233. The quantitative estimate of drug-likeness (QED) is 0.0371. The lowest BCUT2D eigenvalue weighted by Gasteiger charge is -2.22. The molecular weight excluding hydrogens is 757 g/mol. The Labute approximate surface area is 352 Å². The molecule has 0 spiro atoms. The van der Waals surface area contributed by atoms with Gasteiger partial charge in [0.2, 0.25) is 0 Å². The second kappa shape index (κ2) is 25.7. The second-order valence-electron chi connectivity index (χ2n) is 14.4. The van der Waals surface area contributed by atoms with Crippen LogP contribution in [-0.2, 0) is 48.1 Å². The molecule has 6 rings (SSSR count). The van der Waals surface area contributed by atoms with Crippen LogP contribution in [0.2, 0.25) is 0 Å². The molecule has 0 saturated carbocycles. The Kier molecular flexibility index (Phi) is 19.7. The maximum atomic E-state index is 9.71. The summed E-state index contributed by atoms with van der Waals surface area (Å²) in [7, 11) is 0. The standard InChI is InChI=1S/2C24H27NO2.C2H2O4/c2*26-23-12-11-22(19-24(23)27)15-18-25(16-13-20-7-3-1-4-8-20)17-14-21-9-5-2-6-10-21;3-1(4)2(5)6/h2*1-12,19,26-27H,13-18H2;(H,3,4)(H,5,6). The number of aliphatic carboxylic acids is 2. The van der Waals surface area contributed by atoms with E-state index in [1.54, 1.807) is 24.3 Å². The predicted octanol–water partition coefficient (Wildman–Crippen LogP) is 8.01. The van der Waals surface area contributed by atoms with Gasteiger partial charge in [-0.3, -0.25) is 0 Å². The highest BCUT2D eigenvalue weighted by Crippen LogP contribution is 2.26. The number of hydrogen-bond acceptors (Lipinski definition) is 8. The Morgan fingerprint density at radius 1 is 0.317 bits per heavy atom. The molecule has 314 valence electrons. The van der Waals surface area contributed by atoms with Gasteiger partial charge in [0.05, 0.1) is 0 Å². The van der Waals surface area contributed by atoms with Gasteiger partial charge in [-0.1, -0.05) is 133 Å². The summed E-state index contributed by atoms with van der Waals surface area (Å²) in [6, 6.07) is 52.5. The summed E-state index contributed by atoms with van der Waals surface area (Å²) < 4.78 is 0. The highest BCUT2D eigenvalue weighted by atomic mass is 16.4. The minimum Gasteiger partial charge on any atom is -0.504 e. The lowest BCUT2D eigenvalue weighted by atomic mass is 10.1. The van der Waals surface area contributed by atoms with Crippen LogP contribution in [0.15, 0.2) is 158 Å². The number of phenols is 4. The summed E-state index contributed by atoms with van der Waals surface area (Å²) in [4.78, 5) is 23.2. The van der Waals surface area contributed by atoms with Gasteiger partial charge < -0.3 is 40.4 Å². The molecule has 0 radical (unpaired) electrons. The third-order valence-electron chi connectivity index (χ3n) is 9.93. The number of aromatic hydroxyl groups is 4. The second-order valence-corrected chi connectivity index (χ2v) is 14.4. The molecule has 0 atom stereocenters. The van der Waals surface area contributed by atoms with Crippen LogP contribution in [0.5, 0.6) is 23.0 Å². The molecule has 0 bridgehead atoms. The SMILES string of the molecule is O=C(O)C(=O)O.Oc1ccc(CCN(CCc2ccccc2)CCc2ccccc2)cc1O.Oc1ccc(CCN(CCc2ccccc2)CCc2ccccc2)cc1O. The smallest absolute Gasteiger partial charge is 0.414 e. The van der Waals surface area contributed by atoms with E-state index in [1.165, 1.54) is 22.3 Å². The summed E-state index contributed by atoms with van der Waals surface area (Å²) >= 11 is 0. The monoisotopic (exact) mass is 812 g/mol. The van der Waals surface area contributed by atoms with Crippen LogP contribution in [0.3, 0.4) is 0 Å². The molecule has 0 unspecified atom stereocenters. The normalized spacial score (nSPS) is 10.6. The van der Waals surface area contributed by atoms with Crippen molar-refractivity contribution in [1.82, 2.24) is 9.80 Å². The first kappa shape index (κ1) is 46.1. The Bertz CT molecular complexity index is 1890. The Hall–Kier alpha value is -6.62. The van der Waals surface area contributed by atoms with Crippen molar-refractivity contribution in [2.45, 2.75) is 38.5 Å². The zero-order valence-electron chi connectivity index (χ0n) is 33.9. The van der Waals surface area contributed by atoms with Crippen molar-refractivity contribution in [1.29, 1.82) is 0 Å². The number of phenolic OH excluding ortho intramolecular Hbond substituents is 4. The van der Waals surface area contributed by atoms with Crippen LogP contribution in [-0.4, -0.2) is 91.6 Å². The zero-order chi connectivity index (χ0) is 43.0. The van der Waals surface area contributed by atoms with Crippen LogP contribution < -0.4 is 0 Å². The Morgan fingerprint density at radius 2 is 0.550 bits per heavy atom. The van der Waals surface area contributed by atoms with Crippen LogP contribution in [0.1, 0.15) is 33.4 Å². The van der Waals surface area contributed by atoms with E-state index in [-0.39, 0.29) is 23.0 Å². The Morgan fingerprint density at radius 3 is 0.767 bits per heavy atom. The maximum Gasteiger partial charge on any atom is 0.414 e. The molecule has 10 nitrogen and oxygen atoms in total. The van der Waals surface area contributed by atoms with Crippen molar-refractivity contribution < 1.29 is 40.2 Å². The molecule has 0 amide bonds. The van der Waals surface area contributed by atoms with E-state index in [4.69, 9.17) is 19.8 Å². The van der Waals surface area contributed by atoms with E-state index in [9.17, 15) is 20.4 Å².